The van der Waals surface area contributed by atoms with E-state index in [9.17, 15) is 4.39 Å². The molecule has 1 aliphatic rings. The van der Waals surface area contributed by atoms with Crippen molar-refractivity contribution in [3.63, 3.8) is 0 Å². The van der Waals surface area contributed by atoms with Gasteiger partial charge >= 0.3 is 0 Å². The molecule has 1 aromatic rings. The van der Waals surface area contributed by atoms with Crippen LogP contribution in [0.2, 0.25) is 0 Å². The predicted octanol–water partition coefficient (Wildman–Crippen LogP) is 2.83. The number of nitrogens with two attached hydrogens (primary N) is 1. The van der Waals surface area contributed by atoms with E-state index in [1.165, 1.54) is 6.07 Å². The second-order valence-electron chi connectivity index (χ2n) is 3.04. The van der Waals surface area contributed by atoms with Gasteiger partial charge in [-0.15, -0.1) is 0 Å². The van der Waals surface area contributed by atoms with Gasteiger partial charge in [-0.05, 0) is 17.7 Å². The lowest BCUT2D eigenvalue weighted by Crippen LogP contribution is -2.20. The van der Waals surface area contributed by atoms with E-state index in [0.717, 1.165) is 21.5 Å². The molecule has 1 atom stereocenters. The van der Waals surface area contributed by atoms with E-state index in [0.29, 0.717) is 5.56 Å². The summed E-state index contributed by atoms with van der Waals surface area (Å²) in [7, 11) is 0. The highest BCUT2D eigenvalue weighted by atomic mass is 79.9. The van der Waals surface area contributed by atoms with Crippen LogP contribution in [0, 0.1) is 5.82 Å². The van der Waals surface area contributed by atoms with Crippen LogP contribution in [-0.4, -0.2) is 5.75 Å². The molecule has 1 aromatic carbocycles. The van der Waals surface area contributed by atoms with E-state index in [-0.39, 0.29) is 11.9 Å². The van der Waals surface area contributed by atoms with E-state index >= 15 is 0 Å². The van der Waals surface area contributed by atoms with E-state index in [4.69, 9.17) is 5.73 Å². The standard InChI is InChI=1S/C9H9BrFNS/c10-6-1-2-7(11)9-5(6)3-13-4-8(9)12/h1-2,8H,3-4,12H2/t8-/m1/s1. The van der Waals surface area contributed by atoms with Crippen molar-refractivity contribution in [2.75, 3.05) is 5.75 Å². The third kappa shape index (κ3) is 1.63. The fourth-order valence-corrected chi connectivity index (χ4v) is 3.25. The van der Waals surface area contributed by atoms with Gasteiger partial charge in [-0.25, -0.2) is 4.39 Å². The summed E-state index contributed by atoms with van der Waals surface area (Å²) in [5, 5.41) is 0. The minimum Gasteiger partial charge on any atom is -0.323 e. The average molecular weight is 262 g/mol. The van der Waals surface area contributed by atoms with Crippen LogP contribution in [0.15, 0.2) is 16.6 Å². The SMILES string of the molecule is N[C@@H]1CSCc2c(Br)ccc(F)c21. The van der Waals surface area contributed by atoms with Crippen LogP contribution < -0.4 is 5.73 Å². The molecular weight excluding hydrogens is 253 g/mol. The van der Waals surface area contributed by atoms with Gasteiger partial charge in [-0.2, -0.15) is 11.8 Å². The summed E-state index contributed by atoms with van der Waals surface area (Å²) in [6.07, 6.45) is 0. The first-order chi connectivity index (χ1) is 6.20. The van der Waals surface area contributed by atoms with Crippen LogP contribution in [0.1, 0.15) is 17.2 Å². The minimum absolute atomic E-state index is 0.161. The molecule has 0 spiro atoms. The van der Waals surface area contributed by atoms with Gasteiger partial charge in [0.15, 0.2) is 0 Å². The van der Waals surface area contributed by atoms with Gasteiger partial charge in [0.2, 0.25) is 0 Å². The Hall–Kier alpha value is -0.0600. The Balaban J connectivity index is 2.60. The molecule has 0 saturated heterocycles. The zero-order valence-electron chi connectivity index (χ0n) is 6.89. The molecule has 0 aliphatic carbocycles. The molecule has 1 nitrogen and oxygen atoms in total. The van der Waals surface area contributed by atoms with Gasteiger partial charge in [0.05, 0.1) is 0 Å². The third-order valence-corrected chi connectivity index (χ3v) is 3.99. The molecule has 0 saturated carbocycles. The molecule has 70 valence electrons. The average Bonchev–Trinajstić information content (AvgIpc) is 2.12. The van der Waals surface area contributed by atoms with Gasteiger partial charge in [0.25, 0.3) is 0 Å². The molecule has 0 bridgehead atoms. The van der Waals surface area contributed by atoms with E-state index < -0.39 is 0 Å². The van der Waals surface area contributed by atoms with Crippen molar-refractivity contribution in [3.05, 3.63) is 33.5 Å². The normalized spacial score (nSPS) is 21.3. The molecule has 0 fully saturated rings. The maximum Gasteiger partial charge on any atom is 0.128 e. The number of hydrogen-bond acceptors (Lipinski definition) is 2. The topological polar surface area (TPSA) is 26.0 Å². The van der Waals surface area contributed by atoms with Gasteiger partial charge in [0.1, 0.15) is 5.82 Å². The predicted molar refractivity (Wildman–Crippen MR) is 57.2 cm³/mol. The molecule has 1 aliphatic heterocycles. The summed E-state index contributed by atoms with van der Waals surface area (Å²) in [6, 6.07) is 3.05. The van der Waals surface area contributed by atoms with Crippen LogP contribution in [0.5, 0.6) is 0 Å². The lowest BCUT2D eigenvalue weighted by Gasteiger charge is -2.23. The van der Waals surface area contributed by atoms with Crippen molar-refractivity contribution in [2.45, 2.75) is 11.8 Å². The van der Waals surface area contributed by atoms with Crippen molar-refractivity contribution in [1.29, 1.82) is 0 Å². The van der Waals surface area contributed by atoms with Gasteiger partial charge < -0.3 is 5.73 Å². The first-order valence-corrected chi connectivity index (χ1v) is 5.95. The Labute approximate surface area is 89.0 Å². The summed E-state index contributed by atoms with van der Waals surface area (Å²) >= 11 is 5.15. The molecule has 13 heavy (non-hydrogen) atoms. The van der Waals surface area contributed by atoms with Gasteiger partial charge in [-0.3, -0.25) is 0 Å². The number of hydrogen-bond donors (Lipinski definition) is 1. The molecule has 0 radical (unpaired) electrons. The van der Waals surface area contributed by atoms with E-state index in [2.05, 4.69) is 15.9 Å². The van der Waals surface area contributed by atoms with E-state index in [1.807, 2.05) is 0 Å². The highest BCUT2D eigenvalue weighted by molar-refractivity contribution is 9.10. The molecule has 1 heterocycles. The largest absolute Gasteiger partial charge is 0.323 e. The van der Waals surface area contributed by atoms with Gasteiger partial charge in [-0.1, -0.05) is 15.9 Å². The molecule has 0 amide bonds. The van der Waals surface area contributed by atoms with Crippen LogP contribution in [-0.2, 0) is 5.75 Å². The highest BCUT2D eigenvalue weighted by Gasteiger charge is 2.22. The molecule has 0 aromatic heterocycles. The summed E-state index contributed by atoms with van der Waals surface area (Å²) in [4.78, 5) is 0. The molecular formula is C9H9BrFNS. The van der Waals surface area contributed by atoms with Crippen molar-refractivity contribution >= 4 is 27.7 Å². The molecule has 0 unspecified atom stereocenters. The van der Waals surface area contributed by atoms with Crippen LogP contribution >= 0.6 is 27.7 Å². The summed E-state index contributed by atoms with van der Waals surface area (Å²) in [5.74, 6) is 1.48. The minimum atomic E-state index is -0.175. The maximum absolute atomic E-state index is 13.4. The second kappa shape index (κ2) is 3.59. The fourth-order valence-electron chi connectivity index (χ4n) is 1.53. The van der Waals surface area contributed by atoms with Crippen molar-refractivity contribution in [3.8, 4) is 0 Å². The van der Waals surface area contributed by atoms with E-state index in [1.54, 1.807) is 17.8 Å². The van der Waals surface area contributed by atoms with Crippen molar-refractivity contribution < 1.29 is 4.39 Å². The zero-order chi connectivity index (χ0) is 9.42. The summed E-state index contributed by atoms with van der Waals surface area (Å²) in [5.41, 5.74) is 7.54. The highest BCUT2D eigenvalue weighted by Crippen LogP contribution is 2.36. The number of thioether (sulfide) groups is 1. The quantitative estimate of drug-likeness (QED) is 0.778. The fraction of sp³-hybridized carbons (Fsp3) is 0.333. The Kier molecular flexibility index (Phi) is 2.62. The molecule has 2 N–H and O–H groups in total. The Morgan fingerprint density at radius 3 is 3.00 bits per heavy atom. The number of halogens is 2. The lowest BCUT2D eigenvalue weighted by molar-refractivity contribution is 0.589. The third-order valence-electron chi connectivity index (χ3n) is 2.16. The Morgan fingerprint density at radius 2 is 2.31 bits per heavy atom. The maximum atomic E-state index is 13.4. The smallest absolute Gasteiger partial charge is 0.128 e. The van der Waals surface area contributed by atoms with Crippen molar-refractivity contribution in [2.24, 2.45) is 5.73 Å². The first kappa shape index (κ1) is 9.49. The molecule has 4 heteroatoms. The number of fused-ring (bicyclic) bond motifs is 1. The van der Waals surface area contributed by atoms with Crippen LogP contribution in [0.25, 0.3) is 0 Å². The Morgan fingerprint density at radius 1 is 1.54 bits per heavy atom. The van der Waals surface area contributed by atoms with Crippen LogP contribution in [0.3, 0.4) is 0 Å². The monoisotopic (exact) mass is 261 g/mol. The summed E-state index contributed by atoms with van der Waals surface area (Å²) in [6.45, 7) is 0. The lowest BCUT2D eigenvalue weighted by atomic mass is 10.0. The van der Waals surface area contributed by atoms with Crippen molar-refractivity contribution in [1.82, 2.24) is 0 Å². The van der Waals surface area contributed by atoms with Gasteiger partial charge in [0, 0.05) is 27.6 Å². The summed E-state index contributed by atoms with van der Waals surface area (Å²) < 4.78 is 14.4. The Bertz CT molecular complexity index is 343. The number of benzene rings is 1. The van der Waals surface area contributed by atoms with Crippen LogP contribution in [0.4, 0.5) is 4.39 Å². The molecule has 2 rings (SSSR count). The zero-order valence-corrected chi connectivity index (χ0v) is 9.29. The second-order valence-corrected chi connectivity index (χ2v) is 4.93. The first-order valence-electron chi connectivity index (χ1n) is 4.00. The number of rotatable bonds is 0.